The molecule has 2 aromatic rings. The SMILES string of the molecule is COc1ccccc1-c1cnc(CNCC2CCCO2)s1. The molecule has 4 nitrogen and oxygen atoms in total. The lowest BCUT2D eigenvalue weighted by atomic mass is 10.2. The van der Waals surface area contributed by atoms with E-state index in [9.17, 15) is 0 Å². The Bertz CT molecular complexity index is 579. The number of nitrogens with one attached hydrogen (secondary N) is 1. The Hall–Kier alpha value is -1.43. The average molecular weight is 304 g/mol. The molecule has 2 heterocycles. The maximum atomic E-state index is 5.60. The van der Waals surface area contributed by atoms with Gasteiger partial charge in [-0.25, -0.2) is 4.98 Å². The van der Waals surface area contributed by atoms with Crippen LogP contribution >= 0.6 is 11.3 Å². The number of aromatic nitrogens is 1. The minimum atomic E-state index is 0.374. The Kier molecular flexibility index (Phi) is 4.85. The number of ether oxygens (including phenoxy) is 2. The first-order valence-corrected chi connectivity index (χ1v) is 8.09. The van der Waals surface area contributed by atoms with Gasteiger partial charge in [0.1, 0.15) is 10.8 Å². The van der Waals surface area contributed by atoms with Crippen LogP contribution in [0.1, 0.15) is 17.8 Å². The van der Waals surface area contributed by atoms with Crippen molar-refractivity contribution >= 4 is 11.3 Å². The Morgan fingerprint density at radius 1 is 1.43 bits per heavy atom. The second kappa shape index (κ2) is 7.02. The normalized spacial score (nSPS) is 18.0. The highest BCUT2D eigenvalue weighted by atomic mass is 32.1. The average Bonchev–Trinajstić information content (AvgIpc) is 3.19. The molecular weight excluding hydrogens is 284 g/mol. The fourth-order valence-corrected chi connectivity index (χ4v) is 3.43. The van der Waals surface area contributed by atoms with Crippen LogP contribution in [0.5, 0.6) is 5.75 Å². The molecule has 1 N–H and O–H groups in total. The maximum Gasteiger partial charge on any atom is 0.127 e. The van der Waals surface area contributed by atoms with Crippen LogP contribution in [0.3, 0.4) is 0 Å². The molecule has 5 heteroatoms. The van der Waals surface area contributed by atoms with Crippen molar-refractivity contribution in [3.05, 3.63) is 35.5 Å². The van der Waals surface area contributed by atoms with Crippen LogP contribution in [-0.4, -0.2) is 31.3 Å². The summed E-state index contributed by atoms with van der Waals surface area (Å²) in [6.07, 6.45) is 4.64. The quantitative estimate of drug-likeness (QED) is 0.890. The van der Waals surface area contributed by atoms with Gasteiger partial charge in [-0.1, -0.05) is 12.1 Å². The van der Waals surface area contributed by atoms with E-state index in [1.165, 1.54) is 6.42 Å². The molecule has 1 fully saturated rings. The van der Waals surface area contributed by atoms with Crippen molar-refractivity contribution < 1.29 is 9.47 Å². The van der Waals surface area contributed by atoms with Gasteiger partial charge in [0, 0.05) is 31.5 Å². The molecule has 1 unspecified atom stereocenters. The highest BCUT2D eigenvalue weighted by Gasteiger charge is 2.15. The highest BCUT2D eigenvalue weighted by Crippen LogP contribution is 2.33. The van der Waals surface area contributed by atoms with Crippen molar-refractivity contribution in [3.8, 4) is 16.2 Å². The van der Waals surface area contributed by atoms with E-state index in [1.54, 1.807) is 18.4 Å². The third-order valence-corrected chi connectivity index (χ3v) is 4.63. The lowest BCUT2D eigenvalue weighted by molar-refractivity contribution is 0.110. The lowest BCUT2D eigenvalue weighted by Crippen LogP contribution is -2.25. The zero-order valence-corrected chi connectivity index (χ0v) is 13.0. The summed E-state index contributed by atoms with van der Waals surface area (Å²) in [5, 5.41) is 4.52. The summed E-state index contributed by atoms with van der Waals surface area (Å²) in [5.74, 6) is 0.889. The molecule has 1 atom stereocenters. The van der Waals surface area contributed by atoms with E-state index in [0.29, 0.717) is 6.10 Å². The Morgan fingerprint density at radius 3 is 3.14 bits per heavy atom. The minimum absolute atomic E-state index is 0.374. The van der Waals surface area contributed by atoms with E-state index in [4.69, 9.17) is 9.47 Å². The molecule has 21 heavy (non-hydrogen) atoms. The van der Waals surface area contributed by atoms with Gasteiger partial charge in [-0.3, -0.25) is 0 Å². The Morgan fingerprint density at radius 2 is 2.33 bits per heavy atom. The number of rotatable bonds is 6. The fourth-order valence-electron chi connectivity index (χ4n) is 2.51. The van der Waals surface area contributed by atoms with Gasteiger partial charge in [0.25, 0.3) is 0 Å². The van der Waals surface area contributed by atoms with Gasteiger partial charge in [-0.2, -0.15) is 0 Å². The van der Waals surface area contributed by atoms with E-state index < -0.39 is 0 Å². The van der Waals surface area contributed by atoms with Crippen LogP contribution < -0.4 is 10.1 Å². The summed E-state index contributed by atoms with van der Waals surface area (Å²) < 4.78 is 11.0. The molecule has 112 valence electrons. The molecule has 0 spiro atoms. The molecular formula is C16H20N2O2S. The minimum Gasteiger partial charge on any atom is -0.496 e. The second-order valence-electron chi connectivity index (χ2n) is 5.08. The largest absolute Gasteiger partial charge is 0.496 e. The van der Waals surface area contributed by atoms with Gasteiger partial charge in [0.15, 0.2) is 0 Å². The van der Waals surface area contributed by atoms with Crippen LogP contribution in [0.2, 0.25) is 0 Å². The Labute approximate surface area is 129 Å². The predicted octanol–water partition coefficient (Wildman–Crippen LogP) is 3.09. The molecule has 1 aromatic heterocycles. The zero-order chi connectivity index (χ0) is 14.5. The third-order valence-electron chi connectivity index (χ3n) is 3.60. The standard InChI is InChI=1S/C16H20N2O2S/c1-19-14-7-3-2-6-13(14)15-10-18-16(21-15)11-17-9-12-5-4-8-20-12/h2-3,6-7,10,12,17H,4-5,8-9,11H2,1H3. The summed E-state index contributed by atoms with van der Waals surface area (Å²) in [6.45, 7) is 2.60. The molecule has 3 rings (SSSR count). The molecule has 1 aliphatic rings. The van der Waals surface area contributed by atoms with E-state index in [0.717, 1.165) is 47.3 Å². The zero-order valence-electron chi connectivity index (χ0n) is 12.2. The predicted molar refractivity (Wildman–Crippen MR) is 84.8 cm³/mol. The summed E-state index contributed by atoms with van der Waals surface area (Å²) in [7, 11) is 1.70. The molecule has 0 saturated carbocycles. The van der Waals surface area contributed by atoms with Crippen LogP contribution in [0.4, 0.5) is 0 Å². The molecule has 1 saturated heterocycles. The van der Waals surface area contributed by atoms with Crippen molar-refractivity contribution in [3.63, 3.8) is 0 Å². The van der Waals surface area contributed by atoms with E-state index in [-0.39, 0.29) is 0 Å². The number of benzene rings is 1. The van der Waals surface area contributed by atoms with Crippen molar-refractivity contribution in [1.82, 2.24) is 10.3 Å². The first-order valence-electron chi connectivity index (χ1n) is 7.27. The second-order valence-corrected chi connectivity index (χ2v) is 6.20. The smallest absolute Gasteiger partial charge is 0.127 e. The number of hydrogen-bond acceptors (Lipinski definition) is 5. The van der Waals surface area contributed by atoms with Gasteiger partial charge in [0.2, 0.25) is 0 Å². The van der Waals surface area contributed by atoms with E-state index >= 15 is 0 Å². The maximum absolute atomic E-state index is 5.60. The first-order chi connectivity index (χ1) is 10.4. The van der Waals surface area contributed by atoms with Crippen LogP contribution in [-0.2, 0) is 11.3 Å². The summed E-state index contributed by atoms with van der Waals surface area (Å²) in [5.41, 5.74) is 1.10. The molecule has 0 aliphatic carbocycles. The Balaban J connectivity index is 1.60. The summed E-state index contributed by atoms with van der Waals surface area (Å²) >= 11 is 1.70. The van der Waals surface area contributed by atoms with Gasteiger partial charge >= 0.3 is 0 Å². The van der Waals surface area contributed by atoms with Crippen molar-refractivity contribution in [1.29, 1.82) is 0 Å². The molecule has 1 aromatic carbocycles. The van der Waals surface area contributed by atoms with Crippen LogP contribution in [0.25, 0.3) is 10.4 Å². The number of hydrogen-bond donors (Lipinski definition) is 1. The lowest BCUT2D eigenvalue weighted by Gasteiger charge is -2.09. The van der Waals surface area contributed by atoms with Crippen molar-refractivity contribution in [2.24, 2.45) is 0 Å². The van der Waals surface area contributed by atoms with Gasteiger partial charge in [-0.15, -0.1) is 11.3 Å². The summed E-state index contributed by atoms with van der Waals surface area (Å²) in [6, 6.07) is 8.04. The number of para-hydroxylation sites is 1. The monoisotopic (exact) mass is 304 g/mol. The van der Waals surface area contributed by atoms with Crippen LogP contribution in [0, 0.1) is 0 Å². The van der Waals surface area contributed by atoms with Crippen molar-refractivity contribution in [2.75, 3.05) is 20.3 Å². The summed E-state index contributed by atoms with van der Waals surface area (Å²) in [4.78, 5) is 5.63. The van der Waals surface area contributed by atoms with Crippen molar-refractivity contribution in [2.45, 2.75) is 25.5 Å². The molecule has 0 bridgehead atoms. The number of thiazole rings is 1. The van der Waals surface area contributed by atoms with Gasteiger partial charge < -0.3 is 14.8 Å². The molecule has 0 amide bonds. The van der Waals surface area contributed by atoms with Gasteiger partial charge in [0.05, 0.1) is 18.1 Å². The third kappa shape index (κ3) is 3.61. The van der Waals surface area contributed by atoms with Crippen LogP contribution in [0.15, 0.2) is 30.5 Å². The highest BCUT2D eigenvalue weighted by molar-refractivity contribution is 7.15. The number of methoxy groups -OCH3 is 1. The number of nitrogens with zero attached hydrogens (tertiary/aromatic N) is 1. The van der Waals surface area contributed by atoms with Gasteiger partial charge in [-0.05, 0) is 25.0 Å². The van der Waals surface area contributed by atoms with E-state index in [2.05, 4.69) is 16.4 Å². The van der Waals surface area contributed by atoms with E-state index in [1.807, 2.05) is 24.4 Å². The molecule has 1 aliphatic heterocycles. The molecule has 0 radical (unpaired) electrons. The first kappa shape index (κ1) is 14.5. The fraction of sp³-hybridized carbons (Fsp3) is 0.438. The topological polar surface area (TPSA) is 43.4 Å².